The summed E-state index contributed by atoms with van der Waals surface area (Å²) in [5, 5.41) is 9.40. The second-order valence-electron chi connectivity index (χ2n) is 5.78. The number of aliphatic hydroxyl groups is 1. The van der Waals surface area contributed by atoms with Gasteiger partial charge < -0.3 is 15.6 Å². The highest BCUT2D eigenvalue weighted by atomic mass is 16.6. The van der Waals surface area contributed by atoms with E-state index in [-0.39, 0.29) is 12.6 Å². The number of nitrogens with zero attached hydrogens (tertiary/aromatic N) is 1. The second-order valence-corrected chi connectivity index (χ2v) is 5.78. The molecule has 1 saturated carbocycles. The van der Waals surface area contributed by atoms with Crippen molar-refractivity contribution in [3.05, 3.63) is 0 Å². The minimum Gasteiger partial charge on any atom is -0.444 e. The SMILES string of the molecule is CCN(C(=O)OC(C)(C)C)C1(C#CC(O)CN)CC1. The maximum Gasteiger partial charge on any atom is 0.411 e. The summed E-state index contributed by atoms with van der Waals surface area (Å²) in [5.41, 5.74) is 4.31. The summed E-state index contributed by atoms with van der Waals surface area (Å²) in [6.07, 6.45) is 0.424. The first-order valence-electron chi connectivity index (χ1n) is 6.65. The number of hydrogen-bond acceptors (Lipinski definition) is 4. The Hall–Kier alpha value is -1.25. The summed E-state index contributed by atoms with van der Waals surface area (Å²) in [4.78, 5) is 13.8. The third-order valence-corrected chi connectivity index (χ3v) is 2.87. The molecule has 0 heterocycles. The molecule has 1 aliphatic carbocycles. The molecule has 108 valence electrons. The van der Waals surface area contributed by atoms with Gasteiger partial charge in [0, 0.05) is 13.1 Å². The van der Waals surface area contributed by atoms with E-state index in [0.29, 0.717) is 6.54 Å². The van der Waals surface area contributed by atoms with Crippen molar-refractivity contribution in [3.63, 3.8) is 0 Å². The van der Waals surface area contributed by atoms with Gasteiger partial charge in [-0.15, -0.1) is 0 Å². The van der Waals surface area contributed by atoms with Crippen LogP contribution in [-0.2, 0) is 4.74 Å². The van der Waals surface area contributed by atoms with E-state index in [9.17, 15) is 9.90 Å². The first-order valence-corrected chi connectivity index (χ1v) is 6.65. The topological polar surface area (TPSA) is 75.8 Å². The Morgan fingerprint density at radius 2 is 2.11 bits per heavy atom. The first-order chi connectivity index (χ1) is 8.74. The Morgan fingerprint density at radius 1 is 1.53 bits per heavy atom. The lowest BCUT2D eigenvalue weighted by Crippen LogP contribution is -2.44. The molecule has 0 bridgehead atoms. The number of rotatable bonds is 3. The van der Waals surface area contributed by atoms with Crippen molar-refractivity contribution in [2.24, 2.45) is 5.73 Å². The molecule has 3 N–H and O–H groups in total. The summed E-state index contributed by atoms with van der Waals surface area (Å²) in [5.74, 6) is 5.68. The van der Waals surface area contributed by atoms with Gasteiger partial charge in [-0.2, -0.15) is 0 Å². The van der Waals surface area contributed by atoms with Crippen molar-refractivity contribution in [1.29, 1.82) is 0 Å². The minimum absolute atomic E-state index is 0.0989. The normalized spacial score (nSPS) is 18.0. The Bertz CT molecular complexity index is 386. The number of nitrogens with two attached hydrogens (primary N) is 1. The van der Waals surface area contributed by atoms with E-state index < -0.39 is 17.2 Å². The van der Waals surface area contributed by atoms with E-state index in [0.717, 1.165) is 12.8 Å². The molecular formula is C14H24N2O3. The molecule has 19 heavy (non-hydrogen) atoms. The van der Waals surface area contributed by atoms with Gasteiger partial charge in [-0.3, -0.25) is 4.90 Å². The molecule has 0 saturated heterocycles. The summed E-state index contributed by atoms with van der Waals surface area (Å²) in [7, 11) is 0. The van der Waals surface area contributed by atoms with Crippen molar-refractivity contribution >= 4 is 6.09 Å². The molecule has 5 nitrogen and oxygen atoms in total. The van der Waals surface area contributed by atoms with Crippen LogP contribution in [0.3, 0.4) is 0 Å². The van der Waals surface area contributed by atoms with Gasteiger partial charge in [0.15, 0.2) is 0 Å². The van der Waals surface area contributed by atoms with Crippen LogP contribution in [0, 0.1) is 11.8 Å². The first kappa shape index (κ1) is 15.8. The standard InChI is InChI=1S/C14H24N2O3/c1-5-16(12(18)19-13(2,3)4)14(8-9-14)7-6-11(17)10-15/h11,17H,5,8-10,15H2,1-4H3. The van der Waals surface area contributed by atoms with Gasteiger partial charge >= 0.3 is 6.09 Å². The number of hydrogen-bond donors (Lipinski definition) is 2. The van der Waals surface area contributed by atoms with Crippen LogP contribution in [0.5, 0.6) is 0 Å². The lowest BCUT2D eigenvalue weighted by molar-refractivity contribution is 0.0195. The van der Waals surface area contributed by atoms with Gasteiger partial charge in [-0.05, 0) is 40.5 Å². The largest absolute Gasteiger partial charge is 0.444 e. The molecular weight excluding hydrogens is 244 g/mol. The van der Waals surface area contributed by atoms with Crippen molar-refractivity contribution in [2.75, 3.05) is 13.1 Å². The predicted molar refractivity (Wildman–Crippen MR) is 73.4 cm³/mol. The fraction of sp³-hybridized carbons (Fsp3) is 0.786. The van der Waals surface area contributed by atoms with E-state index in [2.05, 4.69) is 11.8 Å². The van der Waals surface area contributed by atoms with Crippen LogP contribution in [0.1, 0.15) is 40.5 Å². The summed E-state index contributed by atoms with van der Waals surface area (Å²) in [6.45, 7) is 8.03. The maximum absolute atomic E-state index is 12.1. The molecule has 5 heteroatoms. The van der Waals surface area contributed by atoms with Gasteiger partial charge in [0.1, 0.15) is 17.2 Å². The highest BCUT2D eigenvalue weighted by Gasteiger charge is 2.49. The van der Waals surface area contributed by atoms with Crippen LogP contribution in [0.25, 0.3) is 0 Å². The molecule has 0 radical (unpaired) electrons. The average molecular weight is 268 g/mol. The minimum atomic E-state index is -0.838. The Labute approximate surface area is 115 Å². The molecule has 1 atom stereocenters. The van der Waals surface area contributed by atoms with E-state index in [1.807, 2.05) is 27.7 Å². The van der Waals surface area contributed by atoms with E-state index in [1.54, 1.807) is 4.90 Å². The molecule has 0 aliphatic heterocycles. The smallest absolute Gasteiger partial charge is 0.411 e. The molecule has 0 aromatic carbocycles. The van der Waals surface area contributed by atoms with Gasteiger partial charge in [-0.25, -0.2) is 4.79 Å². The number of carbonyl (C=O) groups is 1. The van der Waals surface area contributed by atoms with Crippen LogP contribution < -0.4 is 5.73 Å². The van der Waals surface area contributed by atoms with Crippen LogP contribution in [-0.4, -0.2) is 46.4 Å². The predicted octanol–water partition coefficient (Wildman–Crippen LogP) is 1.10. The van der Waals surface area contributed by atoms with Gasteiger partial charge in [0.2, 0.25) is 0 Å². The summed E-state index contributed by atoms with van der Waals surface area (Å²) in [6, 6.07) is 0. The number of amides is 1. The van der Waals surface area contributed by atoms with Crippen molar-refractivity contribution in [2.45, 2.75) is 57.8 Å². The zero-order valence-electron chi connectivity index (χ0n) is 12.2. The summed E-state index contributed by atoms with van der Waals surface area (Å²) < 4.78 is 5.38. The monoisotopic (exact) mass is 268 g/mol. The maximum atomic E-state index is 12.1. The van der Waals surface area contributed by atoms with Gasteiger partial charge in [-0.1, -0.05) is 11.8 Å². The molecule has 0 aromatic heterocycles. The Morgan fingerprint density at radius 3 is 2.47 bits per heavy atom. The zero-order valence-corrected chi connectivity index (χ0v) is 12.2. The highest BCUT2D eigenvalue weighted by Crippen LogP contribution is 2.41. The number of ether oxygens (including phenoxy) is 1. The van der Waals surface area contributed by atoms with Gasteiger partial charge in [0.05, 0.1) is 0 Å². The third-order valence-electron chi connectivity index (χ3n) is 2.87. The Balaban J connectivity index is 2.79. The number of carbonyl (C=O) groups excluding carboxylic acids is 1. The Kier molecular flexibility index (Phi) is 4.83. The van der Waals surface area contributed by atoms with E-state index >= 15 is 0 Å². The lowest BCUT2D eigenvalue weighted by atomic mass is 10.2. The summed E-state index contributed by atoms with van der Waals surface area (Å²) >= 11 is 0. The molecule has 1 unspecified atom stereocenters. The molecule has 0 aromatic rings. The van der Waals surface area contributed by atoms with Crippen LogP contribution >= 0.6 is 0 Å². The highest BCUT2D eigenvalue weighted by molar-refractivity contribution is 5.71. The number of aliphatic hydroxyl groups excluding tert-OH is 1. The molecule has 1 rings (SSSR count). The van der Waals surface area contributed by atoms with Crippen LogP contribution in [0.4, 0.5) is 4.79 Å². The molecule has 1 amide bonds. The zero-order chi connectivity index (χ0) is 14.7. The van der Waals surface area contributed by atoms with E-state index in [4.69, 9.17) is 10.5 Å². The third kappa shape index (κ3) is 4.41. The van der Waals surface area contributed by atoms with Gasteiger partial charge in [0.25, 0.3) is 0 Å². The fourth-order valence-electron chi connectivity index (χ4n) is 1.78. The van der Waals surface area contributed by atoms with Crippen LogP contribution in [0.15, 0.2) is 0 Å². The molecule has 1 fully saturated rings. The lowest BCUT2D eigenvalue weighted by Gasteiger charge is -2.30. The van der Waals surface area contributed by atoms with E-state index in [1.165, 1.54) is 0 Å². The quantitative estimate of drug-likeness (QED) is 0.752. The second kappa shape index (κ2) is 5.81. The van der Waals surface area contributed by atoms with Crippen molar-refractivity contribution in [3.8, 4) is 11.8 Å². The molecule has 0 spiro atoms. The van der Waals surface area contributed by atoms with Crippen molar-refractivity contribution < 1.29 is 14.6 Å². The van der Waals surface area contributed by atoms with Crippen molar-refractivity contribution in [1.82, 2.24) is 4.90 Å². The van der Waals surface area contributed by atoms with Crippen LogP contribution in [0.2, 0.25) is 0 Å². The fourth-order valence-corrected chi connectivity index (χ4v) is 1.78. The average Bonchev–Trinajstić information content (AvgIpc) is 3.05. The molecule has 1 aliphatic rings.